The Morgan fingerprint density at radius 3 is 2.32 bits per heavy atom. The first-order valence-electron chi connectivity index (χ1n) is 5.48. The van der Waals surface area contributed by atoms with E-state index in [4.69, 9.17) is 10.8 Å². The number of carboxylic acid groups (broad SMARTS) is 1. The van der Waals surface area contributed by atoms with Crippen LogP contribution in [0.1, 0.15) is 40.4 Å². The largest absolute Gasteiger partial charge is 0.478 e. The normalized spacial score (nSPS) is 10.9. The first kappa shape index (κ1) is 14.6. The molecule has 1 heterocycles. The molecule has 0 saturated heterocycles. The molecule has 102 valence electrons. The first-order valence-corrected chi connectivity index (χ1v) is 5.48. The lowest BCUT2D eigenvalue weighted by Gasteiger charge is -2.22. The number of amides is 2. The molecule has 0 radical (unpaired) electrons. The van der Waals surface area contributed by atoms with Crippen molar-refractivity contribution in [2.75, 3.05) is 0 Å². The van der Waals surface area contributed by atoms with Crippen LogP contribution in [-0.4, -0.2) is 33.4 Å². The minimum Gasteiger partial charge on any atom is -0.478 e. The van der Waals surface area contributed by atoms with Crippen molar-refractivity contribution in [3.05, 3.63) is 29.1 Å². The van der Waals surface area contributed by atoms with E-state index in [1.807, 2.05) is 0 Å². The Kier molecular flexibility index (Phi) is 3.89. The van der Waals surface area contributed by atoms with Crippen molar-refractivity contribution in [2.45, 2.75) is 26.3 Å². The van der Waals surface area contributed by atoms with Gasteiger partial charge in [0.25, 0.3) is 5.91 Å². The number of pyridine rings is 1. The summed E-state index contributed by atoms with van der Waals surface area (Å²) < 4.78 is 0. The van der Waals surface area contributed by atoms with Crippen LogP contribution in [0.25, 0.3) is 0 Å². The molecular weight excluding hydrogens is 250 g/mol. The molecule has 19 heavy (non-hydrogen) atoms. The topological polar surface area (TPSA) is 122 Å². The molecule has 0 spiro atoms. The van der Waals surface area contributed by atoms with Crippen LogP contribution in [0, 0.1) is 6.92 Å². The Morgan fingerprint density at radius 2 is 1.89 bits per heavy atom. The van der Waals surface area contributed by atoms with Crippen molar-refractivity contribution in [1.29, 1.82) is 0 Å². The molecule has 0 aliphatic heterocycles. The van der Waals surface area contributed by atoms with Gasteiger partial charge in [-0.1, -0.05) is 0 Å². The van der Waals surface area contributed by atoms with Gasteiger partial charge in [-0.25, -0.2) is 9.78 Å². The highest BCUT2D eigenvalue weighted by Crippen LogP contribution is 2.09. The van der Waals surface area contributed by atoms with E-state index in [2.05, 4.69) is 10.3 Å². The summed E-state index contributed by atoms with van der Waals surface area (Å²) in [6.45, 7) is 4.41. The number of carbonyl (C=O) groups is 3. The Labute approximate surface area is 109 Å². The third-order valence-electron chi connectivity index (χ3n) is 2.59. The SMILES string of the molecule is Cc1nc(C(=O)NC(C)(C)C(N)=O)ccc1C(=O)O. The molecule has 1 aromatic rings. The maximum atomic E-state index is 11.9. The number of aryl methyl sites for hydroxylation is 1. The molecule has 0 saturated carbocycles. The van der Waals surface area contributed by atoms with E-state index in [0.717, 1.165) is 0 Å². The zero-order chi connectivity index (χ0) is 14.8. The van der Waals surface area contributed by atoms with E-state index < -0.39 is 23.3 Å². The number of aromatic nitrogens is 1. The van der Waals surface area contributed by atoms with Gasteiger partial charge in [-0.15, -0.1) is 0 Å². The fraction of sp³-hybridized carbons (Fsp3) is 0.333. The number of hydrogen-bond acceptors (Lipinski definition) is 4. The van der Waals surface area contributed by atoms with E-state index in [-0.39, 0.29) is 17.0 Å². The van der Waals surface area contributed by atoms with E-state index in [0.29, 0.717) is 0 Å². The zero-order valence-electron chi connectivity index (χ0n) is 10.9. The highest BCUT2D eigenvalue weighted by molar-refractivity contribution is 5.98. The second kappa shape index (κ2) is 5.05. The molecule has 0 aliphatic rings. The monoisotopic (exact) mass is 265 g/mol. The molecule has 2 amide bonds. The quantitative estimate of drug-likeness (QED) is 0.711. The summed E-state index contributed by atoms with van der Waals surface area (Å²) >= 11 is 0. The number of nitrogens with one attached hydrogen (secondary N) is 1. The van der Waals surface area contributed by atoms with Crippen molar-refractivity contribution in [3.63, 3.8) is 0 Å². The number of aromatic carboxylic acids is 1. The van der Waals surface area contributed by atoms with Crippen molar-refractivity contribution in [1.82, 2.24) is 10.3 Å². The van der Waals surface area contributed by atoms with Gasteiger partial charge in [-0.2, -0.15) is 0 Å². The van der Waals surface area contributed by atoms with Crippen LogP contribution in [0.2, 0.25) is 0 Å². The first-order chi connectivity index (χ1) is 8.65. The van der Waals surface area contributed by atoms with Crippen molar-refractivity contribution < 1.29 is 19.5 Å². The average molecular weight is 265 g/mol. The van der Waals surface area contributed by atoms with Crippen LogP contribution in [0.5, 0.6) is 0 Å². The molecule has 1 aromatic heterocycles. The molecule has 0 atom stereocenters. The number of carboxylic acids is 1. The minimum absolute atomic E-state index is 0.0192. The van der Waals surface area contributed by atoms with E-state index >= 15 is 0 Å². The maximum Gasteiger partial charge on any atom is 0.337 e. The Balaban J connectivity index is 2.99. The average Bonchev–Trinajstić information content (AvgIpc) is 2.27. The second-order valence-corrected chi connectivity index (χ2v) is 4.58. The van der Waals surface area contributed by atoms with Crippen molar-refractivity contribution in [2.24, 2.45) is 5.73 Å². The molecule has 1 rings (SSSR count). The van der Waals surface area contributed by atoms with Crippen LogP contribution < -0.4 is 11.1 Å². The number of primary amides is 1. The summed E-state index contributed by atoms with van der Waals surface area (Å²) in [5.41, 5.74) is 4.19. The van der Waals surface area contributed by atoms with Gasteiger partial charge in [0.1, 0.15) is 11.2 Å². The van der Waals surface area contributed by atoms with E-state index in [1.54, 1.807) is 0 Å². The molecule has 0 fully saturated rings. The van der Waals surface area contributed by atoms with Gasteiger partial charge in [-0.3, -0.25) is 9.59 Å². The van der Waals surface area contributed by atoms with Crippen LogP contribution in [0.3, 0.4) is 0 Å². The molecule has 0 aliphatic carbocycles. The summed E-state index contributed by atoms with van der Waals surface area (Å²) in [6, 6.07) is 2.57. The second-order valence-electron chi connectivity index (χ2n) is 4.58. The maximum absolute atomic E-state index is 11.9. The van der Waals surface area contributed by atoms with Gasteiger partial charge in [0.05, 0.1) is 11.3 Å². The molecular formula is C12H15N3O4. The summed E-state index contributed by atoms with van der Waals surface area (Å²) in [4.78, 5) is 37.7. The lowest BCUT2D eigenvalue weighted by atomic mass is 10.0. The van der Waals surface area contributed by atoms with Crippen LogP contribution in [-0.2, 0) is 4.79 Å². The lowest BCUT2D eigenvalue weighted by Crippen LogP contribution is -2.53. The smallest absolute Gasteiger partial charge is 0.337 e. The molecule has 4 N–H and O–H groups in total. The van der Waals surface area contributed by atoms with Gasteiger partial charge in [0.2, 0.25) is 5.91 Å². The number of nitrogens with two attached hydrogens (primary N) is 1. The predicted molar refractivity (Wildman–Crippen MR) is 66.7 cm³/mol. The Morgan fingerprint density at radius 1 is 1.32 bits per heavy atom. The van der Waals surface area contributed by atoms with Crippen LogP contribution >= 0.6 is 0 Å². The third kappa shape index (κ3) is 3.27. The summed E-state index contributed by atoms with van der Waals surface area (Å²) in [6.07, 6.45) is 0. The summed E-state index contributed by atoms with van der Waals surface area (Å²) in [5.74, 6) is -2.39. The van der Waals surface area contributed by atoms with Crippen molar-refractivity contribution in [3.8, 4) is 0 Å². The zero-order valence-corrected chi connectivity index (χ0v) is 10.9. The lowest BCUT2D eigenvalue weighted by molar-refractivity contribution is -0.122. The van der Waals surface area contributed by atoms with Crippen LogP contribution in [0.15, 0.2) is 12.1 Å². The minimum atomic E-state index is -1.21. The molecule has 0 aromatic carbocycles. The molecule has 0 bridgehead atoms. The predicted octanol–water partition coefficient (Wildman–Crippen LogP) is 0.0819. The molecule has 0 unspecified atom stereocenters. The highest BCUT2D eigenvalue weighted by atomic mass is 16.4. The number of carbonyl (C=O) groups excluding carboxylic acids is 2. The fourth-order valence-corrected chi connectivity index (χ4v) is 1.32. The molecule has 7 nitrogen and oxygen atoms in total. The van der Waals surface area contributed by atoms with Gasteiger partial charge in [0.15, 0.2) is 0 Å². The number of hydrogen-bond donors (Lipinski definition) is 3. The Bertz CT molecular complexity index is 552. The van der Waals surface area contributed by atoms with Gasteiger partial charge >= 0.3 is 5.97 Å². The van der Waals surface area contributed by atoms with Crippen LogP contribution in [0.4, 0.5) is 0 Å². The Hall–Kier alpha value is -2.44. The van der Waals surface area contributed by atoms with E-state index in [1.165, 1.54) is 32.9 Å². The highest BCUT2D eigenvalue weighted by Gasteiger charge is 2.28. The summed E-state index contributed by atoms with van der Waals surface area (Å²) in [7, 11) is 0. The number of rotatable bonds is 4. The van der Waals surface area contributed by atoms with E-state index in [9.17, 15) is 14.4 Å². The van der Waals surface area contributed by atoms with Gasteiger partial charge in [-0.05, 0) is 32.9 Å². The van der Waals surface area contributed by atoms with Gasteiger partial charge < -0.3 is 16.2 Å². The fourth-order valence-electron chi connectivity index (χ4n) is 1.32. The molecule has 7 heteroatoms. The number of nitrogens with zero attached hydrogens (tertiary/aromatic N) is 1. The third-order valence-corrected chi connectivity index (χ3v) is 2.59. The van der Waals surface area contributed by atoms with Crippen molar-refractivity contribution >= 4 is 17.8 Å². The van der Waals surface area contributed by atoms with Gasteiger partial charge in [0, 0.05) is 0 Å². The standard InChI is InChI=1S/C12H15N3O4/c1-6-7(10(17)18)4-5-8(14-6)9(16)15-12(2,3)11(13)19/h4-5H,1-3H3,(H2,13,19)(H,15,16)(H,17,18). The summed E-state index contributed by atoms with van der Waals surface area (Å²) in [5, 5.41) is 11.3.